The van der Waals surface area contributed by atoms with Crippen LogP contribution in [0.25, 0.3) is 11.1 Å². The summed E-state index contributed by atoms with van der Waals surface area (Å²) in [6.45, 7) is 9.30. The van der Waals surface area contributed by atoms with Crippen molar-refractivity contribution in [2.45, 2.75) is 32.6 Å². The summed E-state index contributed by atoms with van der Waals surface area (Å²) >= 11 is 0. The van der Waals surface area contributed by atoms with Gasteiger partial charge in [-0.1, -0.05) is 24.8 Å². The molecule has 0 spiro atoms. The number of nitrogens with zero attached hydrogens (tertiary/aromatic N) is 3. The highest BCUT2D eigenvalue weighted by Crippen LogP contribution is 2.32. The molecule has 1 aromatic carbocycles. The number of ketones is 1. The van der Waals surface area contributed by atoms with Gasteiger partial charge >= 0.3 is 0 Å². The van der Waals surface area contributed by atoms with E-state index in [4.69, 9.17) is 0 Å². The first-order valence-corrected chi connectivity index (χ1v) is 10.0. The molecule has 0 unspecified atom stereocenters. The van der Waals surface area contributed by atoms with E-state index in [1.54, 1.807) is 31.7 Å². The molecule has 0 saturated carbocycles. The van der Waals surface area contributed by atoms with Crippen molar-refractivity contribution in [2.75, 3.05) is 7.05 Å². The van der Waals surface area contributed by atoms with E-state index >= 15 is 0 Å². The Morgan fingerprint density at radius 3 is 2.42 bits per heavy atom. The van der Waals surface area contributed by atoms with Gasteiger partial charge in [0.2, 0.25) is 0 Å². The van der Waals surface area contributed by atoms with Crippen LogP contribution in [-0.2, 0) is 16.6 Å². The van der Waals surface area contributed by atoms with Crippen LogP contribution in [0.3, 0.4) is 0 Å². The SMILES string of the molecule is C=CC(=O)C(C)(C)c1ccc(-c2cnc(C)nc2)cc1Cc1ccnc(C(=O)NC)c1. The predicted molar refractivity (Wildman–Crippen MR) is 121 cm³/mol. The molecule has 3 aromatic rings. The molecule has 0 radical (unpaired) electrons. The second-order valence-corrected chi connectivity index (χ2v) is 7.89. The molecule has 6 heteroatoms. The molecule has 0 bridgehead atoms. The van der Waals surface area contributed by atoms with Crippen LogP contribution >= 0.6 is 0 Å². The number of hydrogen-bond donors (Lipinski definition) is 1. The molecule has 6 nitrogen and oxygen atoms in total. The summed E-state index contributed by atoms with van der Waals surface area (Å²) < 4.78 is 0. The molecule has 0 saturated heterocycles. The quantitative estimate of drug-likeness (QED) is 0.594. The fraction of sp³-hybridized carbons (Fsp3) is 0.240. The smallest absolute Gasteiger partial charge is 0.269 e. The van der Waals surface area contributed by atoms with E-state index in [1.807, 2.05) is 39.0 Å². The largest absolute Gasteiger partial charge is 0.354 e. The van der Waals surface area contributed by atoms with E-state index in [0.29, 0.717) is 17.9 Å². The maximum atomic E-state index is 12.6. The summed E-state index contributed by atoms with van der Waals surface area (Å²) in [5.41, 5.74) is 4.28. The molecule has 3 rings (SSSR count). The Kier molecular flexibility index (Phi) is 6.39. The van der Waals surface area contributed by atoms with Crippen molar-refractivity contribution in [1.82, 2.24) is 20.3 Å². The number of amides is 1. The van der Waals surface area contributed by atoms with Crippen molar-refractivity contribution >= 4 is 11.7 Å². The van der Waals surface area contributed by atoms with Gasteiger partial charge in [0.25, 0.3) is 5.91 Å². The van der Waals surface area contributed by atoms with Crippen LogP contribution in [0.5, 0.6) is 0 Å². The van der Waals surface area contributed by atoms with Gasteiger partial charge in [0.05, 0.1) is 5.41 Å². The highest BCUT2D eigenvalue weighted by molar-refractivity contribution is 5.98. The van der Waals surface area contributed by atoms with Gasteiger partial charge in [-0.15, -0.1) is 0 Å². The first-order chi connectivity index (χ1) is 14.8. The van der Waals surface area contributed by atoms with Gasteiger partial charge in [-0.3, -0.25) is 14.6 Å². The molecule has 1 amide bonds. The summed E-state index contributed by atoms with van der Waals surface area (Å²) in [5, 5.41) is 2.59. The summed E-state index contributed by atoms with van der Waals surface area (Å²) in [7, 11) is 1.57. The molecule has 0 fully saturated rings. The molecular formula is C25H26N4O2. The Morgan fingerprint density at radius 2 is 1.77 bits per heavy atom. The Morgan fingerprint density at radius 1 is 1.06 bits per heavy atom. The molecule has 0 aliphatic rings. The van der Waals surface area contributed by atoms with Gasteiger partial charge in [0, 0.05) is 31.2 Å². The number of rotatable bonds is 7. The third-order valence-electron chi connectivity index (χ3n) is 5.37. The number of aryl methyl sites for hydroxylation is 1. The Bertz CT molecular complexity index is 1130. The monoisotopic (exact) mass is 414 g/mol. The number of benzene rings is 1. The van der Waals surface area contributed by atoms with Crippen LogP contribution < -0.4 is 5.32 Å². The lowest BCUT2D eigenvalue weighted by Crippen LogP contribution is -2.28. The molecule has 2 aromatic heterocycles. The lowest BCUT2D eigenvalue weighted by molar-refractivity contribution is -0.118. The van der Waals surface area contributed by atoms with Crippen LogP contribution in [0, 0.1) is 6.92 Å². The fourth-order valence-corrected chi connectivity index (χ4v) is 3.52. The maximum Gasteiger partial charge on any atom is 0.269 e. The second kappa shape index (κ2) is 9.00. The molecule has 0 atom stereocenters. The van der Waals surface area contributed by atoms with Crippen LogP contribution in [0.2, 0.25) is 0 Å². The Labute approximate surface area is 182 Å². The van der Waals surface area contributed by atoms with Gasteiger partial charge in [-0.2, -0.15) is 0 Å². The van der Waals surface area contributed by atoms with E-state index in [0.717, 1.165) is 27.8 Å². The highest BCUT2D eigenvalue weighted by Gasteiger charge is 2.30. The summed E-state index contributed by atoms with van der Waals surface area (Å²) in [5.74, 6) is 0.410. The maximum absolute atomic E-state index is 12.6. The Balaban J connectivity index is 2.11. The summed E-state index contributed by atoms with van der Waals surface area (Å²) in [6, 6.07) is 9.66. The number of aromatic nitrogens is 3. The standard InChI is InChI=1S/C25H26N4O2/c1-6-23(30)25(3,4)21-8-7-18(20-14-28-16(2)29-15-20)13-19(21)11-17-9-10-27-22(12-17)24(31)26-5/h6-10,12-15H,1,11H2,2-5H3,(H,26,31). The zero-order chi connectivity index (χ0) is 22.6. The normalized spacial score (nSPS) is 11.1. The number of allylic oxidation sites excluding steroid dienone is 1. The number of nitrogens with one attached hydrogen (secondary N) is 1. The first kappa shape index (κ1) is 22.0. The van der Waals surface area contributed by atoms with Crippen molar-refractivity contribution in [3.8, 4) is 11.1 Å². The second-order valence-electron chi connectivity index (χ2n) is 7.89. The molecular weight excluding hydrogens is 388 g/mol. The topological polar surface area (TPSA) is 84.8 Å². The molecule has 0 aliphatic heterocycles. The van der Waals surface area contributed by atoms with E-state index < -0.39 is 5.41 Å². The number of carbonyl (C=O) groups excluding carboxylic acids is 2. The molecule has 31 heavy (non-hydrogen) atoms. The van der Waals surface area contributed by atoms with Crippen LogP contribution in [0.1, 0.15) is 46.9 Å². The highest BCUT2D eigenvalue weighted by atomic mass is 16.1. The van der Waals surface area contributed by atoms with Crippen molar-refractivity contribution in [3.05, 3.63) is 89.8 Å². The molecule has 1 N–H and O–H groups in total. The van der Waals surface area contributed by atoms with Gasteiger partial charge in [0.1, 0.15) is 11.5 Å². The first-order valence-electron chi connectivity index (χ1n) is 10.0. The minimum absolute atomic E-state index is 0.0547. The molecule has 158 valence electrons. The van der Waals surface area contributed by atoms with Crippen LogP contribution in [0.15, 0.2) is 61.6 Å². The lowest BCUT2D eigenvalue weighted by atomic mass is 9.76. The molecule has 0 aliphatic carbocycles. The minimum atomic E-state index is -0.740. The van der Waals surface area contributed by atoms with Crippen molar-refractivity contribution in [3.63, 3.8) is 0 Å². The van der Waals surface area contributed by atoms with Crippen LogP contribution in [0.4, 0.5) is 0 Å². The van der Waals surface area contributed by atoms with Gasteiger partial charge in [-0.05, 0) is 67.7 Å². The summed E-state index contributed by atoms with van der Waals surface area (Å²) in [6.07, 6.45) is 7.10. The minimum Gasteiger partial charge on any atom is -0.354 e. The van der Waals surface area contributed by atoms with Crippen molar-refractivity contribution in [1.29, 1.82) is 0 Å². The fourth-order valence-electron chi connectivity index (χ4n) is 3.52. The van der Waals surface area contributed by atoms with E-state index in [9.17, 15) is 9.59 Å². The van der Waals surface area contributed by atoms with Gasteiger partial charge in [-0.25, -0.2) is 9.97 Å². The van der Waals surface area contributed by atoms with E-state index in [2.05, 4.69) is 32.9 Å². The van der Waals surface area contributed by atoms with Gasteiger partial charge in [0.15, 0.2) is 5.78 Å². The van der Waals surface area contributed by atoms with Crippen LogP contribution in [-0.4, -0.2) is 33.7 Å². The average molecular weight is 415 g/mol. The van der Waals surface area contributed by atoms with Crippen molar-refractivity contribution < 1.29 is 9.59 Å². The summed E-state index contributed by atoms with van der Waals surface area (Å²) in [4.78, 5) is 37.3. The zero-order valence-electron chi connectivity index (χ0n) is 18.3. The number of carbonyl (C=O) groups is 2. The third-order valence-corrected chi connectivity index (χ3v) is 5.37. The van der Waals surface area contributed by atoms with E-state index in [1.165, 1.54) is 6.08 Å². The Hall–Kier alpha value is -3.67. The number of pyridine rings is 1. The zero-order valence-corrected chi connectivity index (χ0v) is 18.3. The molecule has 2 heterocycles. The van der Waals surface area contributed by atoms with Crippen molar-refractivity contribution in [2.24, 2.45) is 0 Å². The lowest BCUT2D eigenvalue weighted by Gasteiger charge is -2.26. The van der Waals surface area contributed by atoms with E-state index in [-0.39, 0.29) is 11.7 Å². The third kappa shape index (κ3) is 4.74. The average Bonchev–Trinajstić information content (AvgIpc) is 2.78. The predicted octanol–water partition coefficient (Wildman–Crippen LogP) is 3.83. The van der Waals surface area contributed by atoms with Gasteiger partial charge < -0.3 is 5.32 Å². The number of hydrogen-bond acceptors (Lipinski definition) is 5.